The van der Waals surface area contributed by atoms with Crippen LogP contribution in [0.25, 0.3) is 5.65 Å². The standard InChI is InChI=1S/C15H11BrN2O2/c16-11-6-7-13-17-12(9-18(13)8-11)14(15(19)20)10-4-2-1-3-5-10/h1-9,14H,(H,19,20). The van der Waals surface area contributed by atoms with Gasteiger partial charge in [0.25, 0.3) is 0 Å². The number of pyridine rings is 1. The fraction of sp³-hybridized carbons (Fsp3) is 0.0667. The lowest BCUT2D eigenvalue weighted by Gasteiger charge is -2.09. The Morgan fingerprint density at radius 3 is 2.60 bits per heavy atom. The van der Waals surface area contributed by atoms with E-state index in [4.69, 9.17) is 0 Å². The van der Waals surface area contributed by atoms with Gasteiger partial charge in [-0.25, -0.2) is 4.98 Å². The largest absolute Gasteiger partial charge is 0.480 e. The molecule has 0 saturated heterocycles. The summed E-state index contributed by atoms with van der Waals surface area (Å²) in [6.07, 6.45) is 3.61. The summed E-state index contributed by atoms with van der Waals surface area (Å²) in [5.41, 5.74) is 1.98. The first kappa shape index (κ1) is 12.9. The van der Waals surface area contributed by atoms with Crippen LogP contribution in [0.5, 0.6) is 0 Å². The van der Waals surface area contributed by atoms with Crippen LogP contribution >= 0.6 is 15.9 Å². The Kier molecular flexibility index (Phi) is 3.28. The van der Waals surface area contributed by atoms with Crippen LogP contribution in [0, 0.1) is 0 Å². The van der Waals surface area contributed by atoms with Crippen molar-refractivity contribution >= 4 is 27.5 Å². The summed E-state index contributed by atoms with van der Waals surface area (Å²) >= 11 is 3.39. The van der Waals surface area contributed by atoms with Gasteiger partial charge in [0.1, 0.15) is 11.6 Å². The quantitative estimate of drug-likeness (QED) is 0.801. The predicted molar refractivity (Wildman–Crippen MR) is 78.8 cm³/mol. The van der Waals surface area contributed by atoms with Gasteiger partial charge < -0.3 is 9.51 Å². The van der Waals surface area contributed by atoms with Crippen LogP contribution in [-0.4, -0.2) is 20.5 Å². The molecule has 0 amide bonds. The van der Waals surface area contributed by atoms with Crippen LogP contribution in [0.15, 0.2) is 59.3 Å². The maximum absolute atomic E-state index is 11.6. The number of imidazole rings is 1. The van der Waals surface area contributed by atoms with E-state index in [0.717, 1.165) is 15.7 Å². The Bertz CT molecular complexity index is 768. The molecule has 0 saturated carbocycles. The van der Waals surface area contributed by atoms with Crippen LogP contribution in [0.2, 0.25) is 0 Å². The molecule has 100 valence electrons. The summed E-state index contributed by atoms with van der Waals surface area (Å²) in [5, 5.41) is 9.50. The summed E-state index contributed by atoms with van der Waals surface area (Å²) in [6.45, 7) is 0. The van der Waals surface area contributed by atoms with Crippen molar-refractivity contribution in [2.24, 2.45) is 0 Å². The molecule has 0 aliphatic heterocycles. The number of carbonyl (C=O) groups is 1. The molecule has 20 heavy (non-hydrogen) atoms. The van der Waals surface area contributed by atoms with Crippen LogP contribution in [0.3, 0.4) is 0 Å². The molecule has 0 aliphatic carbocycles. The number of hydrogen-bond donors (Lipinski definition) is 1. The maximum atomic E-state index is 11.6. The molecule has 1 unspecified atom stereocenters. The van der Waals surface area contributed by atoms with E-state index in [-0.39, 0.29) is 0 Å². The molecule has 2 aromatic heterocycles. The van der Waals surface area contributed by atoms with Crippen LogP contribution in [0.1, 0.15) is 17.2 Å². The van der Waals surface area contributed by atoms with Crippen LogP contribution in [-0.2, 0) is 4.79 Å². The van der Waals surface area contributed by atoms with Crippen molar-refractivity contribution in [2.75, 3.05) is 0 Å². The molecule has 1 atom stereocenters. The van der Waals surface area contributed by atoms with Gasteiger partial charge in [-0.2, -0.15) is 0 Å². The molecule has 1 N–H and O–H groups in total. The topological polar surface area (TPSA) is 54.6 Å². The summed E-state index contributed by atoms with van der Waals surface area (Å²) in [7, 11) is 0. The zero-order valence-corrected chi connectivity index (χ0v) is 12.0. The van der Waals surface area contributed by atoms with E-state index < -0.39 is 11.9 Å². The zero-order chi connectivity index (χ0) is 14.1. The second-order valence-electron chi connectivity index (χ2n) is 4.46. The number of fused-ring (bicyclic) bond motifs is 1. The van der Waals surface area contributed by atoms with Gasteiger partial charge in [-0.3, -0.25) is 4.79 Å². The molecule has 2 heterocycles. The summed E-state index contributed by atoms with van der Waals surface area (Å²) < 4.78 is 2.73. The smallest absolute Gasteiger partial charge is 0.317 e. The van der Waals surface area contributed by atoms with Crippen molar-refractivity contribution in [1.29, 1.82) is 0 Å². The van der Waals surface area contributed by atoms with Crippen molar-refractivity contribution in [1.82, 2.24) is 9.38 Å². The Hall–Kier alpha value is -2.14. The molecule has 3 aromatic rings. The van der Waals surface area contributed by atoms with Gasteiger partial charge in [-0.05, 0) is 33.6 Å². The van der Waals surface area contributed by atoms with Crippen molar-refractivity contribution in [3.8, 4) is 0 Å². The third-order valence-electron chi connectivity index (χ3n) is 3.11. The molecular formula is C15H11BrN2O2. The highest BCUT2D eigenvalue weighted by molar-refractivity contribution is 9.10. The molecule has 5 heteroatoms. The highest BCUT2D eigenvalue weighted by Gasteiger charge is 2.24. The van der Waals surface area contributed by atoms with E-state index in [9.17, 15) is 9.90 Å². The van der Waals surface area contributed by atoms with Gasteiger partial charge in [0, 0.05) is 16.9 Å². The Morgan fingerprint density at radius 1 is 1.15 bits per heavy atom. The molecule has 0 aliphatic rings. The van der Waals surface area contributed by atoms with Crippen molar-refractivity contribution in [2.45, 2.75) is 5.92 Å². The number of halogens is 1. The fourth-order valence-corrected chi connectivity index (χ4v) is 2.56. The lowest BCUT2D eigenvalue weighted by atomic mass is 9.96. The molecular weight excluding hydrogens is 320 g/mol. The molecule has 0 radical (unpaired) electrons. The molecule has 0 bridgehead atoms. The second-order valence-corrected chi connectivity index (χ2v) is 5.38. The third kappa shape index (κ3) is 2.32. The van der Waals surface area contributed by atoms with Crippen LogP contribution in [0.4, 0.5) is 0 Å². The highest BCUT2D eigenvalue weighted by Crippen LogP contribution is 2.25. The predicted octanol–water partition coefficient (Wildman–Crippen LogP) is 3.31. The van der Waals surface area contributed by atoms with Gasteiger partial charge >= 0.3 is 5.97 Å². The van der Waals surface area contributed by atoms with Crippen molar-refractivity contribution in [3.63, 3.8) is 0 Å². The molecule has 0 spiro atoms. The third-order valence-corrected chi connectivity index (χ3v) is 3.58. The number of carboxylic acid groups (broad SMARTS) is 1. The van der Waals surface area contributed by atoms with Gasteiger partial charge in [0.05, 0.1) is 5.69 Å². The van der Waals surface area contributed by atoms with E-state index in [1.54, 1.807) is 18.3 Å². The lowest BCUT2D eigenvalue weighted by molar-refractivity contribution is -0.137. The number of carboxylic acids is 1. The number of aliphatic carboxylic acids is 1. The molecule has 4 nitrogen and oxygen atoms in total. The highest BCUT2D eigenvalue weighted by atomic mass is 79.9. The zero-order valence-electron chi connectivity index (χ0n) is 10.4. The van der Waals surface area contributed by atoms with Gasteiger partial charge in [-0.1, -0.05) is 30.3 Å². The van der Waals surface area contributed by atoms with E-state index in [1.807, 2.05) is 40.9 Å². The summed E-state index contributed by atoms with van der Waals surface area (Å²) in [5.74, 6) is -1.66. The number of aromatic nitrogens is 2. The average molecular weight is 331 g/mol. The molecule has 1 aromatic carbocycles. The average Bonchev–Trinajstić information content (AvgIpc) is 2.82. The Labute approximate surface area is 123 Å². The SMILES string of the molecule is O=C(O)C(c1ccccc1)c1cn2cc(Br)ccc2n1. The molecule has 0 fully saturated rings. The van der Waals surface area contributed by atoms with Gasteiger partial charge in [0.2, 0.25) is 0 Å². The number of nitrogens with zero attached hydrogens (tertiary/aromatic N) is 2. The number of hydrogen-bond acceptors (Lipinski definition) is 2. The first-order valence-electron chi connectivity index (χ1n) is 6.07. The van der Waals surface area contributed by atoms with E-state index >= 15 is 0 Å². The normalized spacial score (nSPS) is 12.4. The van der Waals surface area contributed by atoms with E-state index in [1.165, 1.54) is 0 Å². The monoisotopic (exact) mass is 330 g/mol. The lowest BCUT2D eigenvalue weighted by Crippen LogP contribution is -2.13. The van der Waals surface area contributed by atoms with Gasteiger partial charge in [-0.15, -0.1) is 0 Å². The van der Waals surface area contributed by atoms with Gasteiger partial charge in [0.15, 0.2) is 0 Å². The summed E-state index contributed by atoms with van der Waals surface area (Å²) in [4.78, 5) is 16.0. The van der Waals surface area contributed by atoms with Crippen molar-refractivity contribution < 1.29 is 9.90 Å². The Morgan fingerprint density at radius 2 is 1.90 bits per heavy atom. The van der Waals surface area contributed by atoms with Crippen molar-refractivity contribution in [3.05, 3.63) is 70.6 Å². The van der Waals surface area contributed by atoms with E-state index in [0.29, 0.717) is 5.69 Å². The maximum Gasteiger partial charge on any atom is 0.317 e. The first-order valence-corrected chi connectivity index (χ1v) is 6.86. The number of benzene rings is 1. The van der Waals surface area contributed by atoms with E-state index in [2.05, 4.69) is 20.9 Å². The minimum atomic E-state index is -0.904. The second kappa shape index (κ2) is 5.09. The summed E-state index contributed by atoms with van der Waals surface area (Å²) in [6, 6.07) is 12.9. The minimum Gasteiger partial charge on any atom is -0.480 e. The van der Waals surface area contributed by atoms with Crippen LogP contribution < -0.4 is 0 Å². The molecule has 3 rings (SSSR count). The number of rotatable bonds is 3. The first-order chi connectivity index (χ1) is 9.65. The Balaban J connectivity index is 2.13. The minimum absolute atomic E-state index is 0.529. The fourth-order valence-electron chi connectivity index (χ4n) is 2.21.